The Morgan fingerprint density at radius 2 is 2.24 bits per heavy atom. The highest BCUT2D eigenvalue weighted by Gasteiger charge is 2.10. The van der Waals surface area contributed by atoms with Crippen LogP contribution in [0.4, 0.5) is 20.9 Å². The van der Waals surface area contributed by atoms with Crippen molar-refractivity contribution in [2.75, 3.05) is 35.8 Å². The number of amides is 1. The summed E-state index contributed by atoms with van der Waals surface area (Å²) in [5, 5.41) is 11.4. The van der Waals surface area contributed by atoms with E-state index >= 15 is 0 Å². The summed E-state index contributed by atoms with van der Waals surface area (Å²) in [6.45, 7) is 0. The molecule has 3 N–H and O–H groups in total. The number of carbonyl (C=O) groups is 1. The van der Waals surface area contributed by atoms with Gasteiger partial charge < -0.3 is 16.0 Å². The topological polar surface area (TPSA) is 84.1 Å². The van der Waals surface area contributed by atoms with Gasteiger partial charge in [0.2, 0.25) is 11.0 Å². The molecule has 0 radical (unpaired) electrons. The minimum Gasteiger partial charge on any atom is -0.397 e. The van der Waals surface area contributed by atoms with Crippen LogP contribution >= 0.6 is 23.1 Å². The van der Waals surface area contributed by atoms with Crippen molar-refractivity contribution in [3.8, 4) is 0 Å². The van der Waals surface area contributed by atoms with Gasteiger partial charge in [-0.25, -0.2) is 4.39 Å². The van der Waals surface area contributed by atoms with Crippen LogP contribution in [0.1, 0.15) is 0 Å². The van der Waals surface area contributed by atoms with Gasteiger partial charge >= 0.3 is 0 Å². The summed E-state index contributed by atoms with van der Waals surface area (Å²) in [7, 11) is 3.75. The van der Waals surface area contributed by atoms with Crippen LogP contribution in [-0.2, 0) is 4.79 Å². The maximum absolute atomic E-state index is 12.9. The van der Waals surface area contributed by atoms with Gasteiger partial charge in [0.25, 0.3) is 0 Å². The molecule has 1 aromatic heterocycles. The van der Waals surface area contributed by atoms with Crippen molar-refractivity contribution < 1.29 is 9.18 Å². The van der Waals surface area contributed by atoms with Crippen molar-refractivity contribution in [2.24, 2.45) is 0 Å². The standard InChI is InChI=1S/C12H14FN5OS2/c1-18(2)11-16-17-12(21-11)20-6-10(19)15-9-4-3-7(13)5-8(9)14/h3-5H,6,14H2,1-2H3,(H,15,19). The fraction of sp³-hybridized carbons (Fsp3) is 0.250. The number of anilines is 3. The second-order valence-electron chi connectivity index (χ2n) is 4.31. The van der Waals surface area contributed by atoms with Crippen LogP contribution in [-0.4, -0.2) is 36.0 Å². The molecule has 0 spiro atoms. The highest BCUT2D eigenvalue weighted by atomic mass is 32.2. The van der Waals surface area contributed by atoms with E-state index in [0.717, 1.165) is 11.2 Å². The molecule has 1 aromatic carbocycles. The van der Waals surface area contributed by atoms with E-state index in [-0.39, 0.29) is 17.3 Å². The Labute approximate surface area is 129 Å². The molecule has 0 saturated heterocycles. The average molecular weight is 327 g/mol. The summed E-state index contributed by atoms with van der Waals surface area (Å²) in [6.07, 6.45) is 0. The van der Waals surface area contributed by atoms with E-state index in [1.165, 1.54) is 35.2 Å². The molecule has 0 bridgehead atoms. The van der Waals surface area contributed by atoms with Gasteiger partial charge in [-0.3, -0.25) is 4.79 Å². The minimum absolute atomic E-state index is 0.179. The number of aromatic nitrogens is 2. The molecule has 9 heteroatoms. The van der Waals surface area contributed by atoms with Crippen molar-refractivity contribution in [3.63, 3.8) is 0 Å². The lowest BCUT2D eigenvalue weighted by molar-refractivity contribution is -0.113. The predicted octanol–water partition coefficient (Wildman–Crippen LogP) is 2.06. The summed E-state index contributed by atoms with van der Waals surface area (Å²) in [6, 6.07) is 3.84. The van der Waals surface area contributed by atoms with Gasteiger partial charge in [0.15, 0.2) is 4.34 Å². The number of nitrogens with one attached hydrogen (secondary N) is 1. The Hall–Kier alpha value is -1.87. The van der Waals surface area contributed by atoms with Crippen LogP contribution < -0.4 is 16.0 Å². The molecule has 0 fully saturated rings. The Kier molecular flexibility index (Phi) is 4.97. The third-order valence-corrected chi connectivity index (χ3v) is 4.62. The normalized spacial score (nSPS) is 10.4. The zero-order chi connectivity index (χ0) is 15.4. The number of hydrogen-bond donors (Lipinski definition) is 2. The van der Waals surface area contributed by atoms with Crippen LogP contribution in [0.15, 0.2) is 22.5 Å². The zero-order valence-corrected chi connectivity index (χ0v) is 13.1. The number of hydrogen-bond acceptors (Lipinski definition) is 7. The van der Waals surface area contributed by atoms with Gasteiger partial charge in [-0.15, -0.1) is 10.2 Å². The van der Waals surface area contributed by atoms with Crippen LogP contribution in [0.5, 0.6) is 0 Å². The average Bonchev–Trinajstić information content (AvgIpc) is 2.89. The van der Waals surface area contributed by atoms with Gasteiger partial charge in [0.1, 0.15) is 5.82 Å². The lowest BCUT2D eigenvalue weighted by atomic mass is 10.2. The number of thioether (sulfide) groups is 1. The molecule has 0 atom stereocenters. The third kappa shape index (κ3) is 4.30. The van der Waals surface area contributed by atoms with E-state index in [1.807, 2.05) is 19.0 Å². The molecule has 0 aliphatic rings. The van der Waals surface area contributed by atoms with E-state index in [9.17, 15) is 9.18 Å². The summed E-state index contributed by atoms with van der Waals surface area (Å²) in [5.41, 5.74) is 6.22. The summed E-state index contributed by atoms with van der Waals surface area (Å²) in [5.74, 6) is -0.497. The molecular weight excluding hydrogens is 313 g/mol. The highest BCUT2D eigenvalue weighted by molar-refractivity contribution is 8.01. The van der Waals surface area contributed by atoms with Gasteiger partial charge in [-0.2, -0.15) is 0 Å². The number of halogens is 1. The van der Waals surface area contributed by atoms with Gasteiger partial charge in [0, 0.05) is 14.1 Å². The van der Waals surface area contributed by atoms with Gasteiger partial charge in [-0.1, -0.05) is 23.1 Å². The zero-order valence-electron chi connectivity index (χ0n) is 11.5. The van der Waals surface area contributed by atoms with E-state index < -0.39 is 5.82 Å². The maximum Gasteiger partial charge on any atom is 0.234 e. The lowest BCUT2D eigenvalue weighted by Gasteiger charge is -2.07. The first kappa shape index (κ1) is 15.5. The first-order chi connectivity index (χ1) is 9.95. The highest BCUT2D eigenvalue weighted by Crippen LogP contribution is 2.27. The molecule has 0 aliphatic carbocycles. The number of carbonyl (C=O) groups excluding carboxylic acids is 1. The summed E-state index contributed by atoms with van der Waals surface area (Å²) < 4.78 is 13.6. The lowest BCUT2D eigenvalue weighted by Crippen LogP contribution is -2.15. The first-order valence-electron chi connectivity index (χ1n) is 5.94. The van der Waals surface area contributed by atoms with Crippen LogP contribution in [0.25, 0.3) is 0 Å². The van der Waals surface area contributed by atoms with E-state index in [1.54, 1.807) is 0 Å². The molecule has 0 aliphatic heterocycles. The Morgan fingerprint density at radius 3 is 2.86 bits per heavy atom. The SMILES string of the molecule is CN(C)c1nnc(SCC(=O)Nc2ccc(F)cc2N)s1. The van der Waals surface area contributed by atoms with Crippen molar-refractivity contribution in [1.29, 1.82) is 0 Å². The minimum atomic E-state index is -0.440. The van der Waals surface area contributed by atoms with Crippen molar-refractivity contribution in [3.05, 3.63) is 24.0 Å². The molecule has 1 heterocycles. The number of nitrogen functional groups attached to an aromatic ring is 1. The number of nitrogens with two attached hydrogens (primary N) is 1. The van der Waals surface area contributed by atoms with Gasteiger partial charge in [0.05, 0.1) is 17.1 Å². The van der Waals surface area contributed by atoms with E-state index in [0.29, 0.717) is 10.0 Å². The largest absolute Gasteiger partial charge is 0.397 e. The smallest absolute Gasteiger partial charge is 0.234 e. The predicted molar refractivity (Wildman–Crippen MR) is 84.4 cm³/mol. The second kappa shape index (κ2) is 6.72. The molecule has 21 heavy (non-hydrogen) atoms. The quantitative estimate of drug-likeness (QED) is 0.646. The van der Waals surface area contributed by atoms with Crippen molar-refractivity contribution in [1.82, 2.24) is 10.2 Å². The molecule has 1 amide bonds. The van der Waals surface area contributed by atoms with Gasteiger partial charge in [-0.05, 0) is 18.2 Å². The Balaban J connectivity index is 1.89. The molecule has 6 nitrogen and oxygen atoms in total. The molecule has 2 aromatic rings. The fourth-order valence-corrected chi connectivity index (χ4v) is 2.97. The van der Waals surface area contributed by atoms with Crippen LogP contribution in [0.3, 0.4) is 0 Å². The van der Waals surface area contributed by atoms with Crippen molar-refractivity contribution in [2.45, 2.75) is 4.34 Å². The van der Waals surface area contributed by atoms with Crippen LogP contribution in [0.2, 0.25) is 0 Å². The number of nitrogens with zero attached hydrogens (tertiary/aromatic N) is 3. The Morgan fingerprint density at radius 1 is 1.48 bits per heavy atom. The molecule has 112 valence electrons. The molecular formula is C12H14FN5OS2. The monoisotopic (exact) mass is 327 g/mol. The Bertz CT molecular complexity index is 646. The number of benzene rings is 1. The fourth-order valence-electron chi connectivity index (χ4n) is 1.40. The van der Waals surface area contributed by atoms with E-state index in [4.69, 9.17) is 5.73 Å². The van der Waals surface area contributed by atoms with Crippen LogP contribution in [0, 0.1) is 5.82 Å². The summed E-state index contributed by atoms with van der Waals surface area (Å²) >= 11 is 2.69. The van der Waals surface area contributed by atoms with E-state index in [2.05, 4.69) is 15.5 Å². The molecule has 0 unspecified atom stereocenters. The third-order valence-electron chi connectivity index (χ3n) is 2.39. The number of rotatable bonds is 5. The second-order valence-corrected chi connectivity index (χ2v) is 6.49. The first-order valence-corrected chi connectivity index (χ1v) is 7.74. The van der Waals surface area contributed by atoms with Crippen molar-refractivity contribution >= 4 is 45.5 Å². The molecule has 0 saturated carbocycles. The summed E-state index contributed by atoms with van der Waals surface area (Å²) in [4.78, 5) is 13.7. The maximum atomic E-state index is 12.9. The molecule has 2 rings (SSSR count).